The number of nitrogens with one attached hydrogen (secondary N) is 6. The maximum absolute atomic E-state index is 13.4. The van der Waals surface area contributed by atoms with Gasteiger partial charge in [-0.2, -0.15) is 12.6 Å². The van der Waals surface area contributed by atoms with Crippen molar-refractivity contribution < 1.29 is 53.7 Å². The molecule has 8 atom stereocenters. The van der Waals surface area contributed by atoms with Crippen LogP contribution in [-0.4, -0.2) is 117 Å². The van der Waals surface area contributed by atoms with E-state index in [1.165, 1.54) is 38.1 Å². The summed E-state index contributed by atoms with van der Waals surface area (Å²) < 4.78 is 0. The minimum Gasteiger partial charge on any atom is -0.508 e. The summed E-state index contributed by atoms with van der Waals surface area (Å²) in [6.45, 7) is 5.02. The molecule has 284 valence electrons. The summed E-state index contributed by atoms with van der Waals surface area (Å²) in [4.78, 5) is 101. The van der Waals surface area contributed by atoms with Crippen molar-refractivity contribution in [2.24, 2.45) is 17.4 Å². The molecule has 0 spiro atoms. The summed E-state index contributed by atoms with van der Waals surface area (Å²) >= 11 is 4.06. The van der Waals surface area contributed by atoms with E-state index in [1.54, 1.807) is 13.8 Å². The van der Waals surface area contributed by atoms with Gasteiger partial charge in [0.05, 0.1) is 19.1 Å². The summed E-state index contributed by atoms with van der Waals surface area (Å²) in [6.07, 6.45) is -0.385. The van der Waals surface area contributed by atoms with Gasteiger partial charge >= 0.3 is 5.97 Å². The number of nitrogens with two attached hydrogens (primary N) is 2. The van der Waals surface area contributed by atoms with Gasteiger partial charge in [-0.3, -0.25) is 33.6 Å². The Morgan fingerprint density at radius 3 is 1.71 bits per heavy atom. The SMILES string of the molecule is CC[C@H](C)[C@H](NC(=O)[C@H](CO)NC(=O)[C@H](Cc1ccc(O)cc1)NC(=O)[C@H](C)NC(=O)[C@H](CS)NC(=O)[C@H](CC(N)=O)NC(=O)[C@H](C)N)C(=O)O. The maximum atomic E-state index is 13.4. The van der Waals surface area contributed by atoms with Crippen LogP contribution in [0.15, 0.2) is 24.3 Å². The van der Waals surface area contributed by atoms with Gasteiger partial charge < -0.3 is 58.7 Å². The third kappa shape index (κ3) is 14.8. The zero-order valence-corrected chi connectivity index (χ0v) is 29.6. The highest BCUT2D eigenvalue weighted by Gasteiger charge is 2.33. The molecule has 0 aliphatic heterocycles. The van der Waals surface area contributed by atoms with Crippen LogP contribution in [0.3, 0.4) is 0 Å². The second-order valence-corrected chi connectivity index (χ2v) is 12.2. The third-order valence-corrected chi connectivity index (χ3v) is 7.99. The Morgan fingerprint density at radius 1 is 0.725 bits per heavy atom. The van der Waals surface area contributed by atoms with Crippen molar-refractivity contribution in [3.63, 3.8) is 0 Å². The lowest BCUT2D eigenvalue weighted by Gasteiger charge is -2.26. The van der Waals surface area contributed by atoms with Crippen LogP contribution in [0.4, 0.5) is 0 Å². The van der Waals surface area contributed by atoms with Crippen LogP contribution in [0.25, 0.3) is 0 Å². The number of phenols is 1. The number of aliphatic hydroxyl groups is 1. The Kier molecular flexibility index (Phi) is 18.4. The van der Waals surface area contributed by atoms with Crippen molar-refractivity contribution in [1.29, 1.82) is 0 Å². The minimum atomic E-state index is -1.60. The van der Waals surface area contributed by atoms with Gasteiger partial charge in [0.15, 0.2) is 0 Å². The number of carboxylic acids is 1. The number of thiol groups is 1. The molecule has 0 aromatic heterocycles. The zero-order chi connectivity index (χ0) is 39.0. The molecule has 0 unspecified atom stereocenters. The number of benzene rings is 1. The first-order chi connectivity index (χ1) is 23.8. The van der Waals surface area contributed by atoms with E-state index in [9.17, 15) is 53.7 Å². The Labute approximate surface area is 299 Å². The number of hydrogen-bond acceptors (Lipinski definition) is 12. The molecule has 0 heterocycles. The number of carbonyl (C=O) groups excluding carboxylic acids is 7. The topological polar surface area (TPSA) is 321 Å². The number of hydrogen-bond donors (Lipinski definition) is 12. The molecule has 0 radical (unpaired) electrons. The summed E-state index contributed by atoms with van der Waals surface area (Å²) in [5.41, 5.74) is 11.1. The number of primary amides is 1. The summed E-state index contributed by atoms with van der Waals surface area (Å²) in [6, 6.07) is -3.93. The maximum Gasteiger partial charge on any atom is 0.326 e. The first-order valence-corrected chi connectivity index (χ1v) is 16.6. The lowest BCUT2D eigenvalue weighted by molar-refractivity contribution is -0.144. The van der Waals surface area contributed by atoms with Crippen LogP contribution in [0.5, 0.6) is 5.75 Å². The van der Waals surface area contributed by atoms with Gasteiger partial charge in [-0.25, -0.2) is 4.79 Å². The largest absolute Gasteiger partial charge is 0.508 e. The first kappa shape index (κ1) is 44.1. The van der Waals surface area contributed by atoms with Crippen LogP contribution < -0.4 is 43.4 Å². The molecule has 20 heteroatoms. The lowest BCUT2D eigenvalue weighted by Crippen LogP contribution is -2.60. The average Bonchev–Trinajstić information content (AvgIpc) is 3.07. The van der Waals surface area contributed by atoms with Crippen molar-refractivity contribution >= 4 is 59.9 Å². The van der Waals surface area contributed by atoms with Gasteiger partial charge in [-0.15, -0.1) is 0 Å². The molecule has 1 aromatic carbocycles. The Hall–Kier alpha value is -4.95. The smallest absolute Gasteiger partial charge is 0.326 e. The molecule has 0 aliphatic rings. The highest BCUT2D eigenvalue weighted by Crippen LogP contribution is 2.12. The number of phenolic OH excluding ortho intramolecular Hbond substituents is 1. The van der Waals surface area contributed by atoms with Crippen molar-refractivity contribution in [1.82, 2.24) is 31.9 Å². The van der Waals surface area contributed by atoms with E-state index in [0.717, 1.165) is 0 Å². The Balaban J connectivity index is 3.13. The van der Waals surface area contributed by atoms with E-state index in [0.29, 0.717) is 12.0 Å². The fraction of sp³-hybridized carbons (Fsp3) is 0.548. The molecule has 19 nitrogen and oxygen atoms in total. The second-order valence-electron chi connectivity index (χ2n) is 11.9. The number of aromatic hydroxyl groups is 1. The molecule has 13 N–H and O–H groups in total. The predicted molar refractivity (Wildman–Crippen MR) is 185 cm³/mol. The van der Waals surface area contributed by atoms with Gasteiger partial charge in [-0.05, 0) is 37.5 Å². The Morgan fingerprint density at radius 2 is 1.22 bits per heavy atom. The number of aliphatic carboxylic acids is 1. The number of amides is 7. The summed E-state index contributed by atoms with van der Waals surface area (Å²) in [5.74, 6) is -8.52. The second kappa shape index (κ2) is 21.3. The summed E-state index contributed by atoms with van der Waals surface area (Å²) in [7, 11) is 0. The molecule has 0 fully saturated rings. The molecule has 51 heavy (non-hydrogen) atoms. The normalized spacial score (nSPS) is 15.6. The molecule has 0 aliphatic carbocycles. The lowest BCUT2D eigenvalue weighted by atomic mass is 9.99. The number of carbonyl (C=O) groups is 8. The fourth-order valence-electron chi connectivity index (χ4n) is 4.34. The highest BCUT2D eigenvalue weighted by molar-refractivity contribution is 7.80. The molecule has 0 bridgehead atoms. The number of rotatable bonds is 21. The molecule has 7 amide bonds. The van der Waals surface area contributed by atoms with E-state index >= 15 is 0 Å². The van der Waals surface area contributed by atoms with Crippen LogP contribution in [-0.2, 0) is 44.8 Å². The monoisotopic (exact) mass is 740 g/mol. The minimum absolute atomic E-state index is 0.0745. The molecular weight excluding hydrogens is 692 g/mol. The average molecular weight is 741 g/mol. The van der Waals surface area contributed by atoms with Crippen LogP contribution in [0.1, 0.15) is 46.1 Å². The van der Waals surface area contributed by atoms with Crippen molar-refractivity contribution in [3.8, 4) is 5.75 Å². The van der Waals surface area contributed by atoms with E-state index < -0.39 is 109 Å². The predicted octanol–water partition coefficient (Wildman–Crippen LogP) is -3.86. The van der Waals surface area contributed by atoms with Crippen LogP contribution in [0.2, 0.25) is 0 Å². The van der Waals surface area contributed by atoms with Gasteiger partial charge in [0.2, 0.25) is 41.4 Å². The molecule has 0 saturated heterocycles. The van der Waals surface area contributed by atoms with Crippen molar-refractivity contribution in [2.45, 2.75) is 89.3 Å². The van der Waals surface area contributed by atoms with Gasteiger partial charge in [-0.1, -0.05) is 32.4 Å². The van der Waals surface area contributed by atoms with Gasteiger partial charge in [0, 0.05) is 12.2 Å². The zero-order valence-electron chi connectivity index (χ0n) is 28.7. The van der Waals surface area contributed by atoms with Crippen molar-refractivity contribution in [3.05, 3.63) is 29.8 Å². The van der Waals surface area contributed by atoms with Crippen molar-refractivity contribution in [2.75, 3.05) is 12.4 Å². The Bertz CT molecular complexity index is 1410. The molecule has 1 aromatic rings. The van der Waals surface area contributed by atoms with Crippen LogP contribution >= 0.6 is 12.6 Å². The quantitative estimate of drug-likeness (QED) is 0.0539. The summed E-state index contributed by atoms with van der Waals surface area (Å²) in [5, 5.41) is 43.1. The van der Waals surface area contributed by atoms with E-state index in [-0.39, 0.29) is 17.9 Å². The van der Waals surface area contributed by atoms with Crippen LogP contribution in [0, 0.1) is 5.92 Å². The standard InChI is InChI=1S/C31H48N8O11S/c1-5-14(2)24(31(49)50)39-29(47)21(12-40)37-27(45)19(10-17-6-8-18(41)9-7-17)36-26(44)16(4)34-30(48)22(13-51)38-28(46)20(11-23(33)42)35-25(43)15(3)32/h6-9,14-16,19-22,24,40-41,51H,5,10-13,32H2,1-4H3,(H2,33,42)(H,34,48)(H,35,43)(H,36,44)(H,37,45)(H,38,46)(H,39,47)(H,49,50)/t14-,15-,16-,19-,20-,21-,22-,24-/m0/s1. The third-order valence-electron chi connectivity index (χ3n) is 7.62. The molecule has 1 rings (SSSR count). The van der Waals surface area contributed by atoms with Gasteiger partial charge in [0.25, 0.3) is 0 Å². The van der Waals surface area contributed by atoms with E-state index in [4.69, 9.17) is 11.5 Å². The number of carboxylic acid groups (broad SMARTS) is 1. The van der Waals surface area contributed by atoms with E-state index in [1.807, 2.05) is 0 Å². The van der Waals surface area contributed by atoms with E-state index in [2.05, 4.69) is 44.5 Å². The fourth-order valence-corrected chi connectivity index (χ4v) is 4.59. The first-order valence-electron chi connectivity index (χ1n) is 15.9. The highest BCUT2D eigenvalue weighted by atomic mass is 32.1. The number of aliphatic hydroxyl groups excluding tert-OH is 1. The molecule has 0 saturated carbocycles. The molecular formula is C31H48N8O11S. The van der Waals surface area contributed by atoms with Gasteiger partial charge in [0.1, 0.15) is 42.0 Å².